The molecule has 102 valence electrons. The third-order valence-electron chi connectivity index (χ3n) is 2.54. The molecular formula is C12H20N2O3S. The summed E-state index contributed by atoms with van der Waals surface area (Å²) in [5, 5.41) is 0. The van der Waals surface area contributed by atoms with Crippen LogP contribution < -0.4 is 5.73 Å². The van der Waals surface area contributed by atoms with E-state index in [1.165, 1.54) is 10.4 Å². The summed E-state index contributed by atoms with van der Waals surface area (Å²) in [4.78, 5) is 0.223. The van der Waals surface area contributed by atoms with E-state index in [-0.39, 0.29) is 4.90 Å². The van der Waals surface area contributed by atoms with Crippen LogP contribution in [-0.2, 0) is 14.8 Å². The van der Waals surface area contributed by atoms with Crippen molar-refractivity contribution in [2.45, 2.75) is 18.7 Å². The Labute approximate surface area is 109 Å². The first-order valence-corrected chi connectivity index (χ1v) is 7.39. The summed E-state index contributed by atoms with van der Waals surface area (Å²) in [5.41, 5.74) is 6.05. The van der Waals surface area contributed by atoms with Gasteiger partial charge in [0, 0.05) is 25.4 Å². The number of anilines is 1. The third-order valence-corrected chi connectivity index (χ3v) is 4.51. The molecule has 0 aliphatic rings. The number of ether oxygens (including phenoxy) is 1. The van der Waals surface area contributed by atoms with Gasteiger partial charge in [-0.3, -0.25) is 0 Å². The van der Waals surface area contributed by atoms with Crippen LogP contribution in [0.3, 0.4) is 0 Å². The zero-order valence-electron chi connectivity index (χ0n) is 10.8. The van der Waals surface area contributed by atoms with Crippen molar-refractivity contribution in [3.63, 3.8) is 0 Å². The van der Waals surface area contributed by atoms with Crippen LogP contribution in [0.5, 0.6) is 0 Å². The molecule has 5 nitrogen and oxygen atoms in total. The topological polar surface area (TPSA) is 72.6 Å². The second kappa shape index (κ2) is 6.72. The monoisotopic (exact) mass is 272 g/mol. The molecule has 1 aromatic carbocycles. The Kier molecular flexibility index (Phi) is 5.58. The fraction of sp³-hybridized carbons (Fsp3) is 0.500. The molecule has 18 heavy (non-hydrogen) atoms. The fourth-order valence-electron chi connectivity index (χ4n) is 1.58. The number of sulfonamides is 1. The minimum Gasteiger partial charge on any atom is -0.399 e. The van der Waals surface area contributed by atoms with Gasteiger partial charge in [-0.05, 0) is 25.1 Å². The Morgan fingerprint density at radius 3 is 2.61 bits per heavy atom. The molecule has 0 fully saturated rings. The molecule has 0 atom stereocenters. The van der Waals surface area contributed by atoms with Gasteiger partial charge in [0.15, 0.2) is 0 Å². The van der Waals surface area contributed by atoms with E-state index >= 15 is 0 Å². The van der Waals surface area contributed by atoms with Crippen molar-refractivity contribution in [3.8, 4) is 0 Å². The second-order valence-corrected chi connectivity index (χ2v) is 5.70. The van der Waals surface area contributed by atoms with Gasteiger partial charge in [0.2, 0.25) is 10.0 Å². The van der Waals surface area contributed by atoms with Crippen LogP contribution in [0.1, 0.15) is 13.8 Å². The van der Waals surface area contributed by atoms with Crippen LogP contribution in [0.2, 0.25) is 0 Å². The van der Waals surface area contributed by atoms with Gasteiger partial charge in [-0.15, -0.1) is 0 Å². The van der Waals surface area contributed by atoms with E-state index in [4.69, 9.17) is 10.5 Å². The average molecular weight is 272 g/mol. The molecule has 1 aromatic rings. The van der Waals surface area contributed by atoms with Gasteiger partial charge in [-0.2, -0.15) is 4.31 Å². The Morgan fingerprint density at radius 1 is 1.33 bits per heavy atom. The SMILES string of the molecule is CCOCCN(CC)S(=O)(=O)c1cccc(N)c1. The Bertz CT molecular complexity index is 474. The predicted octanol–water partition coefficient (Wildman–Crippen LogP) is 1.32. The molecule has 0 spiro atoms. The number of hydrogen-bond donors (Lipinski definition) is 1. The lowest BCUT2D eigenvalue weighted by Crippen LogP contribution is -2.34. The van der Waals surface area contributed by atoms with E-state index < -0.39 is 10.0 Å². The maximum Gasteiger partial charge on any atom is 0.243 e. The molecule has 0 saturated carbocycles. The van der Waals surface area contributed by atoms with Gasteiger partial charge in [-0.1, -0.05) is 13.0 Å². The highest BCUT2D eigenvalue weighted by Gasteiger charge is 2.22. The van der Waals surface area contributed by atoms with Crippen molar-refractivity contribution in [1.29, 1.82) is 0 Å². The fourth-order valence-corrected chi connectivity index (χ4v) is 3.07. The van der Waals surface area contributed by atoms with Crippen LogP contribution in [0.4, 0.5) is 5.69 Å². The van der Waals surface area contributed by atoms with Crippen molar-refractivity contribution in [2.75, 3.05) is 32.0 Å². The van der Waals surface area contributed by atoms with Gasteiger partial charge in [0.25, 0.3) is 0 Å². The molecule has 0 aliphatic carbocycles. The third kappa shape index (κ3) is 3.69. The zero-order valence-corrected chi connectivity index (χ0v) is 11.6. The van der Waals surface area contributed by atoms with Crippen LogP contribution in [0, 0.1) is 0 Å². The minimum absolute atomic E-state index is 0.223. The number of benzene rings is 1. The molecule has 0 unspecified atom stereocenters. The number of hydrogen-bond acceptors (Lipinski definition) is 4. The van der Waals surface area contributed by atoms with Gasteiger partial charge in [0.1, 0.15) is 0 Å². The maximum atomic E-state index is 12.3. The zero-order chi connectivity index (χ0) is 13.6. The molecule has 0 heterocycles. The number of nitrogens with two attached hydrogens (primary N) is 1. The summed E-state index contributed by atoms with van der Waals surface area (Å²) in [7, 11) is -3.48. The Hall–Kier alpha value is -1.11. The average Bonchev–Trinajstić information content (AvgIpc) is 2.34. The van der Waals surface area contributed by atoms with E-state index in [1.54, 1.807) is 25.1 Å². The first kappa shape index (κ1) is 14.9. The van der Waals surface area contributed by atoms with Crippen LogP contribution in [0.25, 0.3) is 0 Å². The molecule has 0 radical (unpaired) electrons. The maximum absolute atomic E-state index is 12.3. The van der Waals surface area contributed by atoms with Gasteiger partial charge < -0.3 is 10.5 Å². The normalized spacial score (nSPS) is 11.9. The highest BCUT2D eigenvalue weighted by molar-refractivity contribution is 7.89. The molecular weight excluding hydrogens is 252 g/mol. The van der Waals surface area contributed by atoms with E-state index in [2.05, 4.69) is 0 Å². The molecule has 1 rings (SSSR count). The van der Waals surface area contributed by atoms with Crippen molar-refractivity contribution in [1.82, 2.24) is 4.31 Å². The molecule has 0 aliphatic heterocycles. The molecule has 0 aromatic heterocycles. The first-order valence-electron chi connectivity index (χ1n) is 5.95. The van der Waals surface area contributed by atoms with E-state index in [1.807, 2.05) is 6.92 Å². The Balaban J connectivity index is 2.89. The van der Waals surface area contributed by atoms with Crippen LogP contribution in [0.15, 0.2) is 29.2 Å². The summed E-state index contributed by atoms with van der Waals surface area (Å²) in [6.07, 6.45) is 0. The first-order chi connectivity index (χ1) is 8.52. The number of rotatable bonds is 7. The summed E-state index contributed by atoms with van der Waals surface area (Å²) < 4.78 is 31.2. The van der Waals surface area contributed by atoms with Crippen molar-refractivity contribution < 1.29 is 13.2 Å². The van der Waals surface area contributed by atoms with Crippen LogP contribution >= 0.6 is 0 Å². The lowest BCUT2D eigenvalue weighted by Gasteiger charge is -2.20. The van der Waals surface area contributed by atoms with Crippen LogP contribution in [-0.4, -0.2) is 39.0 Å². The predicted molar refractivity (Wildman–Crippen MR) is 71.8 cm³/mol. The molecule has 0 amide bonds. The summed E-state index contributed by atoms with van der Waals surface area (Å²) in [6, 6.07) is 6.32. The van der Waals surface area contributed by atoms with Crippen molar-refractivity contribution in [3.05, 3.63) is 24.3 Å². The summed E-state index contributed by atoms with van der Waals surface area (Å²) in [6.45, 7) is 5.41. The van der Waals surface area contributed by atoms with Gasteiger partial charge in [-0.25, -0.2) is 8.42 Å². The van der Waals surface area contributed by atoms with Crippen molar-refractivity contribution >= 4 is 15.7 Å². The smallest absolute Gasteiger partial charge is 0.243 e. The lowest BCUT2D eigenvalue weighted by atomic mass is 10.3. The molecule has 0 saturated heterocycles. The molecule has 6 heteroatoms. The summed E-state index contributed by atoms with van der Waals surface area (Å²) in [5.74, 6) is 0. The largest absolute Gasteiger partial charge is 0.399 e. The lowest BCUT2D eigenvalue weighted by molar-refractivity contribution is 0.135. The van der Waals surface area contributed by atoms with E-state index in [0.717, 1.165) is 0 Å². The second-order valence-electron chi connectivity index (χ2n) is 3.77. The minimum atomic E-state index is -3.48. The number of nitrogens with zero attached hydrogens (tertiary/aromatic N) is 1. The highest BCUT2D eigenvalue weighted by Crippen LogP contribution is 2.17. The van der Waals surface area contributed by atoms with Gasteiger partial charge >= 0.3 is 0 Å². The van der Waals surface area contributed by atoms with Crippen molar-refractivity contribution in [2.24, 2.45) is 0 Å². The standard InChI is InChI=1S/C12H20N2O3S/c1-3-14(8-9-17-4-2)18(15,16)12-7-5-6-11(13)10-12/h5-7,10H,3-4,8-9,13H2,1-2H3. The number of nitrogen functional groups attached to an aromatic ring is 1. The summed E-state index contributed by atoms with van der Waals surface area (Å²) >= 11 is 0. The van der Waals surface area contributed by atoms with Gasteiger partial charge in [0.05, 0.1) is 11.5 Å². The number of likely N-dealkylation sites (N-methyl/N-ethyl adjacent to an activating group) is 1. The highest BCUT2D eigenvalue weighted by atomic mass is 32.2. The Morgan fingerprint density at radius 2 is 2.06 bits per heavy atom. The van der Waals surface area contributed by atoms with E-state index in [0.29, 0.717) is 32.0 Å². The molecule has 2 N–H and O–H groups in total. The quantitative estimate of drug-likeness (QED) is 0.600. The van der Waals surface area contributed by atoms with E-state index in [9.17, 15) is 8.42 Å². The molecule has 0 bridgehead atoms.